The summed E-state index contributed by atoms with van der Waals surface area (Å²) in [7, 11) is -5.94. The first kappa shape index (κ1) is 29.6. The Bertz CT molecular complexity index is 1380. The Kier molecular flexibility index (Phi) is 8.05. The van der Waals surface area contributed by atoms with Crippen molar-refractivity contribution in [3.05, 3.63) is 58.9 Å². The highest BCUT2D eigenvalue weighted by Gasteiger charge is 2.49. The summed E-state index contributed by atoms with van der Waals surface area (Å²) in [4.78, 5) is 16.4. The lowest BCUT2D eigenvalue weighted by molar-refractivity contribution is -0.0501. The van der Waals surface area contributed by atoms with Crippen molar-refractivity contribution in [2.75, 3.05) is 18.1 Å². The Balaban J connectivity index is 1.65. The third-order valence-electron chi connectivity index (χ3n) is 6.20. The number of nitrogens with zero attached hydrogens (tertiary/aromatic N) is 3. The van der Waals surface area contributed by atoms with Crippen LogP contribution in [-0.4, -0.2) is 54.7 Å². The van der Waals surface area contributed by atoms with Crippen LogP contribution in [0.1, 0.15) is 56.3 Å². The fourth-order valence-electron chi connectivity index (χ4n) is 4.57. The van der Waals surface area contributed by atoms with Crippen LogP contribution < -0.4 is 14.5 Å². The van der Waals surface area contributed by atoms with Crippen LogP contribution in [0.5, 0.6) is 5.88 Å². The van der Waals surface area contributed by atoms with Gasteiger partial charge in [-0.3, -0.25) is 5.01 Å². The summed E-state index contributed by atoms with van der Waals surface area (Å²) < 4.78 is 86.1. The molecular formula is C26H30F4N4O5S. The molecule has 1 aromatic carbocycles. The standard InChI is InChI=1S/C26H30F4N4O5S/c1-16-13-18(15-19(27)14-16)21-7-5-17-6-8-22(39-40(36,37)26(28,29)30)32-23(17)34(21)33-11-9-20(10-12-33)31-24(35)38-25(2,3)4/h5-8,13-15,20-21H,9-12H2,1-4H3,(H,31,35). The van der Waals surface area contributed by atoms with E-state index in [4.69, 9.17) is 4.74 Å². The van der Waals surface area contributed by atoms with E-state index < -0.39 is 45.1 Å². The van der Waals surface area contributed by atoms with Crippen molar-refractivity contribution >= 4 is 28.1 Å². The van der Waals surface area contributed by atoms with Crippen LogP contribution in [0, 0.1) is 12.7 Å². The fraction of sp³-hybridized carbons (Fsp3) is 0.462. The SMILES string of the molecule is Cc1cc(F)cc(C2C=Cc3ccc(OS(=O)(=O)C(F)(F)F)nc3N2N2CCC(NC(=O)OC(C)(C)C)CC2)c1. The molecule has 40 heavy (non-hydrogen) atoms. The van der Waals surface area contributed by atoms with E-state index in [-0.39, 0.29) is 11.9 Å². The molecule has 0 radical (unpaired) electrons. The summed E-state index contributed by atoms with van der Waals surface area (Å²) in [5, 5.41) is 6.43. The van der Waals surface area contributed by atoms with E-state index in [2.05, 4.69) is 14.5 Å². The van der Waals surface area contributed by atoms with E-state index >= 15 is 0 Å². The lowest BCUT2D eigenvalue weighted by Crippen LogP contribution is -2.53. The molecule has 1 N–H and O–H groups in total. The number of hydrogen-bond donors (Lipinski definition) is 1. The number of hydrogen-bond acceptors (Lipinski definition) is 8. The number of piperidine rings is 1. The number of nitrogens with one attached hydrogen (secondary N) is 1. The first-order valence-electron chi connectivity index (χ1n) is 12.5. The summed E-state index contributed by atoms with van der Waals surface area (Å²) in [6, 6.07) is 6.13. The Morgan fingerprint density at radius 1 is 1.10 bits per heavy atom. The van der Waals surface area contributed by atoms with Crippen LogP contribution in [0.3, 0.4) is 0 Å². The quantitative estimate of drug-likeness (QED) is 0.289. The summed E-state index contributed by atoms with van der Waals surface area (Å²) in [6.07, 6.45) is 3.95. The van der Waals surface area contributed by atoms with E-state index in [0.29, 0.717) is 42.6 Å². The van der Waals surface area contributed by atoms with Crippen molar-refractivity contribution in [1.82, 2.24) is 15.3 Å². The molecule has 1 saturated heterocycles. The number of alkyl carbamates (subject to hydrolysis) is 1. The van der Waals surface area contributed by atoms with E-state index in [0.717, 1.165) is 6.07 Å². The molecule has 0 bridgehead atoms. The number of halogens is 4. The number of aryl methyl sites for hydroxylation is 1. The predicted molar refractivity (Wildman–Crippen MR) is 139 cm³/mol. The number of alkyl halides is 3. The van der Waals surface area contributed by atoms with Crippen molar-refractivity contribution in [2.45, 2.75) is 63.7 Å². The molecule has 9 nitrogen and oxygen atoms in total. The number of carbonyl (C=O) groups excluding carboxylic acids is 1. The number of fused-ring (bicyclic) bond motifs is 1. The maximum atomic E-state index is 14.4. The first-order chi connectivity index (χ1) is 18.5. The number of anilines is 1. The van der Waals surface area contributed by atoms with Crippen LogP contribution in [0.15, 0.2) is 36.4 Å². The average Bonchev–Trinajstić information content (AvgIpc) is 2.81. The van der Waals surface area contributed by atoms with Crippen molar-refractivity contribution in [3.63, 3.8) is 0 Å². The summed E-state index contributed by atoms with van der Waals surface area (Å²) in [5.74, 6) is -1.08. The molecule has 1 unspecified atom stereocenters. The van der Waals surface area contributed by atoms with Crippen LogP contribution in [-0.2, 0) is 14.9 Å². The molecule has 14 heteroatoms. The molecule has 0 spiro atoms. The minimum atomic E-state index is -5.94. The van der Waals surface area contributed by atoms with E-state index in [1.807, 2.05) is 5.01 Å². The third-order valence-corrected chi connectivity index (χ3v) is 7.16. The van der Waals surface area contributed by atoms with Gasteiger partial charge in [-0.25, -0.2) is 14.2 Å². The minimum absolute atomic E-state index is 0.142. The smallest absolute Gasteiger partial charge is 0.444 e. The van der Waals surface area contributed by atoms with Gasteiger partial charge < -0.3 is 14.2 Å². The number of pyridine rings is 1. The number of amides is 1. The fourth-order valence-corrected chi connectivity index (χ4v) is 4.98. The number of hydrazine groups is 1. The number of rotatable bonds is 5. The Hall–Kier alpha value is -3.39. The molecule has 218 valence electrons. The molecule has 2 aromatic rings. The number of aromatic nitrogens is 1. The zero-order chi connectivity index (χ0) is 29.5. The van der Waals surface area contributed by atoms with Gasteiger partial charge in [0.05, 0.1) is 6.04 Å². The van der Waals surface area contributed by atoms with Gasteiger partial charge in [0.2, 0.25) is 5.88 Å². The molecule has 2 aliphatic heterocycles. The van der Waals surface area contributed by atoms with Crippen molar-refractivity contribution < 1.29 is 39.7 Å². The molecule has 4 rings (SSSR count). The van der Waals surface area contributed by atoms with Crippen LogP contribution in [0.4, 0.5) is 28.2 Å². The second-order valence-electron chi connectivity index (χ2n) is 10.6. The second-order valence-corrected chi connectivity index (χ2v) is 12.2. The highest BCUT2D eigenvalue weighted by Crippen LogP contribution is 2.39. The largest absolute Gasteiger partial charge is 0.534 e. The van der Waals surface area contributed by atoms with E-state index in [1.54, 1.807) is 50.9 Å². The van der Waals surface area contributed by atoms with Gasteiger partial charge in [0.25, 0.3) is 0 Å². The zero-order valence-electron chi connectivity index (χ0n) is 22.3. The van der Waals surface area contributed by atoms with Gasteiger partial charge in [0.15, 0.2) is 5.82 Å². The molecule has 0 saturated carbocycles. The Morgan fingerprint density at radius 2 is 1.77 bits per heavy atom. The third kappa shape index (κ3) is 6.84. The maximum Gasteiger partial charge on any atom is 0.534 e. The second kappa shape index (κ2) is 10.9. The topological polar surface area (TPSA) is 101 Å². The van der Waals surface area contributed by atoms with Gasteiger partial charge in [-0.1, -0.05) is 18.2 Å². The number of benzene rings is 1. The number of carbonyl (C=O) groups is 1. The zero-order valence-corrected chi connectivity index (χ0v) is 23.1. The molecule has 1 fully saturated rings. The monoisotopic (exact) mass is 586 g/mol. The molecule has 2 aliphatic rings. The molecule has 1 aromatic heterocycles. The van der Waals surface area contributed by atoms with Crippen molar-refractivity contribution in [3.8, 4) is 5.88 Å². The van der Waals surface area contributed by atoms with Crippen LogP contribution in [0.2, 0.25) is 0 Å². The van der Waals surface area contributed by atoms with Crippen LogP contribution in [0.25, 0.3) is 6.08 Å². The minimum Gasteiger partial charge on any atom is -0.444 e. The summed E-state index contributed by atoms with van der Waals surface area (Å²) in [5.41, 5.74) is -4.57. The normalized spacial score (nSPS) is 18.8. The molecule has 1 amide bonds. The van der Waals surface area contributed by atoms with Gasteiger partial charge in [0, 0.05) is 30.8 Å². The van der Waals surface area contributed by atoms with Gasteiger partial charge in [-0.15, -0.1) is 0 Å². The lowest BCUT2D eigenvalue weighted by atomic mass is 9.98. The number of ether oxygens (including phenoxy) is 1. The van der Waals surface area contributed by atoms with Crippen LogP contribution >= 0.6 is 0 Å². The van der Waals surface area contributed by atoms with Gasteiger partial charge in [-0.05, 0) is 69.9 Å². The van der Waals surface area contributed by atoms with E-state index in [1.165, 1.54) is 18.2 Å². The average molecular weight is 587 g/mol. The molecule has 1 atom stereocenters. The molecule has 3 heterocycles. The van der Waals surface area contributed by atoms with Gasteiger partial charge in [-0.2, -0.15) is 26.6 Å². The molecule has 0 aliphatic carbocycles. The van der Waals surface area contributed by atoms with E-state index in [9.17, 15) is 30.8 Å². The highest BCUT2D eigenvalue weighted by molar-refractivity contribution is 7.87. The highest BCUT2D eigenvalue weighted by atomic mass is 32.2. The summed E-state index contributed by atoms with van der Waals surface area (Å²) in [6.45, 7) is 7.80. The van der Waals surface area contributed by atoms with Gasteiger partial charge >= 0.3 is 21.7 Å². The van der Waals surface area contributed by atoms with Crippen molar-refractivity contribution in [2.24, 2.45) is 0 Å². The maximum absolute atomic E-state index is 14.4. The van der Waals surface area contributed by atoms with Crippen molar-refractivity contribution in [1.29, 1.82) is 0 Å². The lowest BCUT2D eigenvalue weighted by Gasteiger charge is -2.45. The Labute approximate surface area is 229 Å². The Morgan fingerprint density at radius 3 is 2.38 bits per heavy atom. The summed E-state index contributed by atoms with van der Waals surface area (Å²) >= 11 is 0. The molecular weight excluding hydrogens is 556 g/mol. The van der Waals surface area contributed by atoms with Gasteiger partial charge in [0.1, 0.15) is 11.4 Å². The first-order valence-corrected chi connectivity index (χ1v) is 13.9. The predicted octanol–water partition coefficient (Wildman–Crippen LogP) is 5.24.